The average molecular weight is 276 g/mol. The van der Waals surface area contributed by atoms with Crippen molar-refractivity contribution in [2.24, 2.45) is 5.92 Å². The van der Waals surface area contributed by atoms with Crippen LogP contribution in [0.4, 0.5) is 5.82 Å². The van der Waals surface area contributed by atoms with E-state index < -0.39 is 0 Å². The lowest BCUT2D eigenvalue weighted by Gasteiger charge is -2.20. The molecule has 2 rings (SSSR count). The highest BCUT2D eigenvalue weighted by Gasteiger charge is 2.25. The van der Waals surface area contributed by atoms with Gasteiger partial charge in [0.25, 0.3) is 0 Å². The number of alkyl halides is 1. The first-order chi connectivity index (χ1) is 8.26. The second kappa shape index (κ2) is 5.85. The molecule has 0 aliphatic carbocycles. The van der Waals surface area contributed by atoms with Crippen LogP contribution in [0.3, 0.4) is 0 Å². The van der Waals surface area contributed by atoms with Crippen LogP contribution in [0.15, 0.2) is 6.33 Å². The smallest absolute Gasteiger partial charge is 0.138 e. The van der Waals surface area contributed by atoms with Crippen molar-refractivity contribution in [2.75, 3.05) is 31.7 Å². The fourth-order valence-electron chi connectivity index (χ4n) is 2.17. The summed E-state index contributed by atoms with van der Waals surface area (Å²) in [6, 6.07) is 0. The Hall–Kier alpha value is -0.580. The molecule has 94 valence electrons. The number of rotatable bonds is 4. The maximum atomic E-state index is 6.02. The Kier molecular flexibility index (Phi) is 4.42. The minimum atomic E-state index is 0.334. The first-order valence-corrected chi connectivity index (χ1v) is 6.46. The number of methoxy groups -OCH3 is 1. The van der Waals surface area contributed by atoms with E-state index in [4.69, 9.17) is 27.9 Å². The first-order valence-electron chi connectivity index (χ1n) is 5.55. The van der Waals surface area contributed by atoms with E-state index in [0.717, 1.165) is 37.5 Å². The maximum Gasteiger partial charge on any atom is 0.138 e. The lowest BCUT2D eigenvalue weighted by Crippen LogP contribution is -2.23. The van der Waals surface area contributed by atoms with Crippen molar-refractivity contribution in [3.63, 3.8) is 0 Å². The summed E-state index contributed by atoms with van der Waals surface area (Å²) in [6.07, 6.45) is 2.59. The third-order valence-corrected chi connectivity index (χ3v) is 3.58. The zero-order valence-electron chi connectivity index (χ0n) is 9.70. The van der Waals surface area contributed by atoms with E-state index >= 15 is 0 Å². The minimum Gasteiger partial charge on any atom is -0.384 e. The fourth-order valence-corrected chi connectivity index (χ4v) is 2.68. The summed E-state index contributed by atoms with van der Waals surface area (Å²) < 4.78 is 5.18. The van der Waals surface area contributed by atoms with Gasteiger partial charge in [0, 0.05) is 31.7 Å². The monoisotopic (exact) mass is 275 g/mol. The molecule has 0 amide bonds. The van der Waals surface area contributed by atoms with E-state index in [0.29, 0.717) is 17.0 Å². The molecule has 1 fully saturated rings. The van der Waals surface area contributed by atoms with Crippen LogP contribution in [0.1, 0.15) is 12.0 Å². The molecule has 6 heteroatoms. The molecule has 4 nitrogen and oxygen atoms in total. The normalized spacial score (nSPS) is 19.9. The molecule has 1 aromatic heterocycles. The van der Waals surface area contributed by atoms with Gasteiger partial charge in [-0.2, -0.15) is 0 Å². The Morgan fingerprint density at radius 3 is 3.06 bits per heavy atom. The predicted octanol–water partition coefficient (Wildman–Crippen LogP) is 2.34. The second-order valence-electron chi connectivity index (χ2n) is 4.16. The summed E-state index contributed by atoms with van der Waals surface area (Å²) in [7, 11) is 1.73. The van der Waals surface area contributed by atoms with Crippen LogP contribution < -0.4 is 4.90 Å². The number of ether oxygens (including phenoxy) is 1. The zero-order valence-corrected chi connectivity index (χ0v) is 11.2. The third-order valence-electron chi connectivity index (χ3n) is 2.99. The molecule has 0 radical (unpaired) electrons. The number of hydrogen-bond donors (Lipinski definition) is 0. The molecule has 1 aliphatic heterocycles. The van der Waals surface area contributed by atoms with Crippen LogP contribution >= 0.6 is 23.2 Å². The van der Waals surface area contributed by atoms with Crippen molar-refractivity contribution in [1.82, 2.24) is 9.97 Å². The van der Waals surface area contributed by atoms with Crippen molar-refractivity contribution in [3.8, 4) is 0 Å². The van der Waals surface area contributed by atoms with Gasteiger partial charge in [-0.25, -0.2) is 9.97 Å². The first kappa shape index (κ1) is 12.9. The Morgan fingerprint density at radius 2 is 2.35 bits per heavy atom. The molecule has 2 heterocycles. The Bertz CT molecular complexity index is 389. The van der Waals surface area contributed by atoms with Crippen molar-refractivity contribution < 1.29 is 4.74 Å². The summed E-state index contributed by atoms with van der Waals surface area (Å²) in [5.41, 5.74) is 0.814. The molecule has 1 saturated heterocycles. The Morgan fingerprint density at radius 1 is 1.53 bits per heavy atom. The Labute approximate surface area is 111 Å². The maximum absolute atomic E-state index is 6.02. The average Bonchev–Trinajstić information content (AvgIpc) is 2.78. The molecule has 0 spiro atoms. The fraction of sp³-hybridized carbons (Fsp3) is 0.636. The van der Waals surface area contributed by atoms with Crippen LogP contribution in [-0.4, -0.2) is 36.8 Å². The highest BCUT2D eigenvalue weighted by atomic mass is 35.5. The lowest BCUT2D eigenvalue weighted by atomic mass is 10.1. The van der Waals surface area contributed by atoms with Gasteiger partial charge in [0.2, 0.25) is 0 Å². The highest BCUT2D eigenvalue weighted by molar-refractivity contribution is 6.31. The SMILES string of the molecule is COCC1CCN(c2ncnc(Cl)c2CCl)C1. The van der Waals surface area contributed by atoms with Gasteiger partial charge in [0.05, 0.1) is 12.5 Å². The van der Waals surface area contributed by atoms with Gasteiger partial charge >= 0.3 is 0 Å². The number of halogens is 2. The number of aromatic nitrogens is 2. The van der Waals surface area contributed by atoms with Gasteiger partial charge in [-0.15, -0.1) is 11.6 Å². The summed E-state index contributed by atoms with van der Waals surface area (Å²) in [6.45, 7) is 2.68. The topological polar surface area (TPSA) is 38.2 Å². The van der Waals surface area contributed by atoms with Gasteiger partial charge in [0.1, 0.15) is 17.3 Å². The summed E-state index contributed by atoms with van der Waals surface area (Å²) in [5.74, 6) is 1.75. The standard InChI is InChI=1S/C11H15Cl2N3O/c1-17-6-8-2-3-16(5-8)11-9(4-12)10(13)14-7-15-11/h7-8H,2-6H2,1H3. The van der Waals surface area contributed by atoms with Crippen molar-refractivity contribution in [1.29, 1.82) is 0 Å². The second-order valence-corrected chi connectivity index (χ2v) is 4.78. The summed E-state index contributed by atoms with van der Waals surface area (Å²) in [4.78, 5) is 10.5. The lowest BCUT2D eigenvalue weighted by molar-refractivity contribution is 0.161. The molecule has 0 aromatic carbocycles. The molecular weight excluding hydrogens is 261 g/mol. The van der Waals surface area contributed by atoms with Crippen molar-refractivity contribution in [2.45, 2.75) is 12.3 Å². The molecule has 17 heavy (non-hydrogen) atoms. The van der Waals surface area contributed by atoms with Crippen LogP contribution in [0, 0.1) is 5.92 Å². The van der Waals surface area contributed by atoms with Gasteiger partial charge in [-0.3, -0.25) is 0 Å². The molecular formula is C11H15Cl2N3O. The predicted molar refractivity (Wildman–Crippen MR) is 68.8 cm³/mol. The number of nitrogens with zero attached hydrogens (tertiary/aromatic N) is 3. The van der Waals surface area contributed by atoms with E-state index in [1.165, 1.54) is 6.33 Å². The van der Waals surface area contributed by atoms with Gasteiger partial charge < -0.3 is 9.64 Å². The number of anilines is 1. The molecule has 0 saturated carbocycles. The van der Waals surface area contributed by atoms with Crippen molar-refractivity contribution >= 4 is 29.0 Å². The van der Waals surface area contributed by atoms with E-state index in [2.05, 4.69) is 14.9 Å². The van der Waals surface area contributed by atoms with E-state index in [1.807, 2.05) is 0 Å². The summed E-state index contributed by atoms with van der Waals surface area (Å²) in [5, 5.41) is 0.445. The van der Waals surface area contributed by atoms with E-state index in [1.54, 1.807) is 7.11 Å². The van der Waals surface area contributed by atoms with Crippen LogP contribution in [0.5, 0.6) is 0 Å². The molecule has 0 N–H and O–H groups in total. The van der Waals surface area contributed by atoms with Gasteiger partial charge in [-0.1, -0.05) is 11.6 Å². The van der Waals surface area contributed by atoms with Crippen LogP contribution in [0.2, 0.25) is 5.15 Å². The number of hydrogen-bond acceptors (Lipinski definition) is 4. The zero-order chi connectivity index (χ0) is 12.3. The van der Waals surface area contributed by atoms with Crippen molar-refractivity contribution in [3.05, 3.63) is 17.0 Å². The minimum absolute atomic E-state index is 0.334. The van der Waals surface area contributed by atoms with Gasteiger partial charge in [-0.05, 0) is 6.42 Å². The summed E-state index contributed by atoms with van der Waals surface area (Å²) >= 11 is 11.9. The molecule has 1 unspecified atom stereocenters. The van der Waals surface area contributed by atoms with Crippen LogP contribution in [-0.2, 0) is 10.6 Å². The highest BCUT2D eigenvalue weighted by Crippen LogP contribution is 2.29. The van der Waals surface area contributed by atoms with E-state index in [-0.39, 0.29) is 0 Å². The third kappa shape index (κ3) is 2.81. The quantitative estimate of drug-likeness (QED) is 0.625. The van der Waals surface area contributed by atoms with Crippen LogP contribution in [0.25, 0.3) is 0 Å². The molecule has 1 aliphatic rings. The molecule has 1 aromatic rings. The van der Waals surface area contributed by atoms with Gasteiger partial charge in [0.15, 0.2) is 0 Å². The largest absolute Gasteiger partial charge is 0.384 e. The molecule has 1 atom stereocenters. The Balaban J connectivity index is 2.15. The van der Waals surface area contributed by atoms with E-state index in [9.17, 15) is 0 Å². The molecule has 0 bridgehead atoms.